The molecular weight excluding hydrogens is 226 g/mol. The molecule has 2 aromatic carbocycles. The van der Waals surface area contributed by atoms with Crippen molar-refractivity contribution in [2.24, 2.45) is 0 Å². The van der Waals surface area contributed by atoms with Crippen LogP contribution >= 0.6 is 0 Å². The van der Waals surface area contributed by atoms with E-state index in [2.05, 4.69) is 0 Å². The van der Waals surface area contributed by atoms with Gasteiger partial charge in [-0.05, 0) is 36.4 Å². The molecule has 18 heavy (non-hydrogen) atoms. The molecule has 0 N–H and O–H groups in total. The van der Waals surface area contributed by atoms with Gasteiger partial charge in [0.15, 0.2) is 5.78 Å². The fourth-order valence-corrected chi connectivity index (χ4v) is 1.68. The van der Waals surface area contributed by atoms with Crippen LogP contribution in [0.2, 0.25) is 0 Å². The Balaban J connectivity index is 2.39. The van der Waals surface area contributed by atoms with Gasteiger partial charge in [0.1, 0.15) is 5.75 Å². The van der Waals surface area contributed by atoms with Crippen LogP contribution in [0.1, 0.15) is 21.5 Å². The number of ketones is 1. The van der Waals surface area contributed by atoms with Crippen molar-refractivity contribution < 1.29 is 9.53 Å². The van der Waals surface area contributed by atoms with Crippen LogP contribution in [0.3, 0.4) is 0 Å². The zero-order valence-electron chi connectivity index (χ0n) is 9.88. The third-order valence-corrected chi connectivity index (χ3v) is 2.64. The van der Waals surface area contributed by atoms with E-state index in [-0.39, 0.29) is 5.78 Å². The second-order valence-corrected chi connectivity index (χ2v) is 3.72. The Labute approximate surface area is 105 Å². The molecule has 0 radical (unpaired) electrons. The molecule has 0 saturated carbocycles. The van der Waals surface area contributed by atoms with E-state index < -0.39 is 0 Å². The maximum atomic E-state index is 12.2. The summed E-state index contributed by atoms with van der Waals surface area (Å²) in [6, 6.07) is 15.6. The van der Waals surface area contributed by atoms with Gasteiger partial charge in [-0.15, -0.1) is 0 Å². The predicted octanol–water partition coefficient (Wildman–Crippen LogP) is 2.80. The van der Waals surface area contributed by atoms with Crippen molar-refractivity contribution in [1.82, 2.24) is 0 Å². The monoisotopic (exact) mass is 237 g/mol. The van der Waals surface area contributed by atoms with Crippen LogP contribution in [0, 0.1) is 11.3 Å². The first-order valence-corrected chi connectivity index (χ1v) is 5.44. The lowest BCUT2D eigenvalue weighted by atomic mass is 9.99. The lowest BCUT2D eigenvalue weighted by Gasteiger charge is -2.04. The molecule has 2 rings (SSSR count). The Morgan fingerprint density at radius 2 is 1.78 bits per heavy atom. The maximum Gasteiger partial charge on any atom is 0.194 e. The summed E-state index contributed by atoms with van der Waals surface area (Å²) in [6.07, 6.45) is 0. The van der Waals surface area contributed by atoms with Gasteiger partial charge < -0.3 is 4.74 Å². The van der Waals surface area contributed by atoms with Gasteiger partial charge in [0.25, 0.3) is 0 Å². The van der Waals surface area contributed by atoms with Crippen molar-refractivity contribution in [3.05, 3.63) is 65.2 Å². The van der Waals surface area contributed by atoms with Crippen molar-refractivity contribution in [2.75, 3.05) is 7.11 Å². The highest BCUT2D eigenvalue weighted by molar-refractivity contribution is 6.10. The lowest BCUT2D eigenvalue weighted by Crippen LogP contribution is -2.03. The molecule has 0 aliphatic rings. The molecule has 0 atom stereocenters. The topological polar surface area (TPSA) is 50.1 Å². The third kappa shape index (κ3) is 2.23. The predicted molar refractivity (Wildman–Crippen MR) is 67.6 cm³/mol. The normalized spacial score (nSPS) is 9.56. The Hall–Kier alpha value is -2.60. The molecule has 0 bridgehead atoms. The highest BCUT2D eigenvalue weighted by Crippen LogP contribution is 2.17. The number of ether oxygens (including phenoxy) is 1. The van der Waals surface area contributed by atoms with Crippen molar-refractivity contribution >= 4 is 5.78 Å². The number of nitriles is 1. The molecule has 3 nitrogen and oxygen atoms in total. The van der Waals surface area contributed by atoms with Crippen LogP contribution in [0.5, 0.6) is 5.75 Å². The Kier molecular flexibility index (Phi) is 3.40. The highest BCUT2D eigenvalue weighted by Gasteiger charge is 2.12. The number of hydrogen-bond acceptors (Lipinski definition) is 3. The van der Waals surface area contributed by atoms with E-state index >= 15 is 0 Å². The summed E-state index contributed by atoms with van der Waals surface area (Å²) in [5.74, 6) is 0.537. The minimum absolute atomic E-state index is 0.158. The largest absolute Gasteiger partial charge is 0.497 e. The number of hydrogen-bond donors (Lipinski definition) is 0. The molecule has 0 saturated heterocycles. The highest BCUT2D eigenvalue weighted by atomic mass is 16.5. The summed E-state index contributed by atoms with van der Waals surface area (Å²) in [6.45, 7) is 0. The SMILES string of the molecule is COc1ccc(C(=O)c2ccccc2C#N)cc1. The molecule has 0 aliphatic carbocycles. The van der Waals surface area contributed by atoms with E-state index in [1.54, 1.807) is 55.6 Å². The first kappa shape index (κ1) is 11.9. The van der Waals surface area contributed by atoms with Crippen molar-refractivity contribution in [3.63, 3.8) is 0 Å². The van der Waals surface area contributed by atoms with Gasteiger partial charge in [-0.1, -0.05) is 12.1 Å². The molecule has 0 unspecified atom stereocenters. The number of rotatable bonds is 3. The quantitative estimate of drug-likeness (QED) is 0.771. The molecule has 2 aromatic rings. The van der Waals surface area contributed by atoms with E-state index in [1.165, 1.54) is 0 Å². The first-order valence-electron chi connectivity index (χ1n) is 5.44. The number of carbonyl (C=O) groups excluding carboxylic acids is 1. The second kappa shape index (κ2) is 5.15. The average Bonchev–Trinajstić information content (AvgIpc) is 2.46. The van der Waals surface area contributed by atoms with Crippen molar-refractivity contribution in [1.29, 1.82) is 5.26 Å². The minimum Gasteiger partial charge on any atom is -0.497 e. The van der Waals surface area contributed by atoms with E-state index in [0.717, 1.165) is 0 Å². The number of nitrogens with zero attached hydrogens (tertiary/aromatic N) is 1. The van der Waals surface area contributed by atoms with Crippen LogP contribution in [0.15, 0.2) is 48.5 Å². The number of carbonyl (C=O) groups is 1. The summed E-state index contributed by atoms with van der Waals surface area (Å²) in [5.41, 5.74) is 1.35. The summed E-state index contributed by atoms with van der Waals surface area (Å²) >= 11 is 0. The fraction of sp³-hybridized carbons (Fsp3) is 0.0667. The van der Waals surface area contributed by atoms with Crippen LogP contribution in [-0.2, 0) is 0 Å². The van der Waals surface area contributed by atoms with Crippen LogP contribution in [0.25, 0.3) is 0 Å². The van der Waals surface area contributed by atoms with E-state index in [9.17, 15) is 4.79 Å². The van der Waals surface area contributed by atoms with E-state index in [0.29, 0.717) is 22.4 Å². The summed E-state index contributed by atoms with van der Waals surface area (Å²) in [7, 11) is 1.57. The first-order chi connectivity index (χ1) is 8.76. The molecule has 88 valence electrons. The zero-order valence-corrected chi connectivity index (χ0v) is 9.88. The van der Waals surface area contributed by atoms with Crippen LogP contribution in [0.4, 0.5) is 0 Å². The smallest absolute Gasteiger partial charge is 0.194 e. The second-order valence-electron chi connectivity index (χ2n) is 3.72. The van der Waals surface area contributed by atoms with Gasteiger partial charge in [-0.2, -0.15) is 5.26 Å². The summed E-state index contributed by atoms with van der Waals surface area (Å²) < 4.78 is 5.04. The van der Waals surface area contributed by atoms with Crippen molar-refractivity contribution in [2.45, 2.75) is 0 Å². The average molecular weight is 237 g/mol. The zero-order chi connectivity index (χ0) is 13.0. The van der Waals surface area contributed by atoms with Gasteiger partial charge >= 0.3 is 0 Å². The molecule has 0 aliphatic heterocycles. The molecule has 0 spiro atoms. The molecular formula is C15H11NO2. The van der Waals surface area contributed by atoms with Gasteiger partial charge in [-0.25, -0.2) is 0 Å². The Morgan fingerprint density at radius 3 is 2.39 bits per heavy atom. The molecule has 0 fully saturated rings. The molecule has 3 heteroatoms. The Bertz CT molecular complexity index is 609. The van der Waals surface area contributed by atoms with Crippen molar-refractivity contribution in [3.8, 4) is 11.8 Å². The molecule has 0 heterocycles. The summed E-state index contributed by atoms with van der Waals surface area (Å²) in [4.78, 5) is 12.2. The lowest BCUT2D eigenvalue weighted by molar-refractivity contribution is 0.103. The maximum absolute atomic E-state index is 12.2. The minimum atomic E-state index is -0.158. The van der Waals surface area contributed by atoms with Gasteiger partial charge in [0, 0.05) is 11.1 Å². The summed E-state index contributed by atoms with van der Waals surface area (Å²) in [5, 5.41) is 8.97. The van der Waals surface area contributed by atoms with Gasteiger partial charge in [-0.3, -0.25) is 4.79 Å². The molecule has 0 amide bonds. The van der Waals surface area contributed by atoms with Gasteiger partial charge in [0.05, 0.1) is 18.7 Å². The van der Waals surface area contributed by atoms with E-state index in [4.69, 9.17) is 10.00 Å². The fourth-order valence-electron chi connectivity index (χ4n) is 1.68. The standard InChI is InChI=1S/C15H11NO2/c1-18-13-8-6-11(7-9-13)15(17)14-5-3-2-4-12(14)10-16/h2-9H,1H3. The van der Waals surface area contributed by atoms with Crippen LogP contribution in [-0.4, -0.2) is 12.9 Å². The number of benzene rings is 2. The number of methoxy groups -OCH3 is 1. The van der Waals surface area contributed by atoms with E-state index in [1.807, 2.05) is 6.07 Å². The third-order valence-electron chi connectivity index (χ3n) is 2.64. The van der Waals surface area contributed by atoms with Crippen LogP contribution < -0.4 is 4.74 Å². The van der Waals surface area contributed by atoms with Gasteiger partial charge in [0.2, 0.25) is 0 Å². The Morgan fingerprint density at radius 1 is 1.11 bits per heavy atom. The molecule has 0 aromatic heterocycles.